The van der Waals surface area contributed by atoms with Gasteiger partial charge in [0, 0.05) is 5.92 Å². The molecule has 0 saturated heterocycles. The van der Waals surface area contributed by atoms with E-state index in [0.717, 1.165) is 6.54 Å². The van der Waals surface area contributed by atoms with Crippen LogP contribution in [-0.4, -0.2) is 31.4 Å². The highest BCUT2D eigenvalue weighted by molar-refractivity contribution is 5.42. The fourth-order valence-electron chi connectivity index (χ4n) is 2.74. The van der Waals surface area contributed by atoms with E-state index in [-0.39, 0.29) is 6.41 Å². The molecule has 0 unspecified atom stereocenters. The van der Waals surface area contributed by atoms with Crippen LogP contribution >= 0.6 is 0 Å². The molecule has 2 aromatic carbocycles. The Kier molecular flexibility index (Phi) is 24.2. The smallest absolute Gasteiger partial charge is 0.204 e. The molecular formula is C28H48N2O. The highest BCUT2D eigenvalue weighted by Crippen LogP contribution is 2.27. The fourth-order valence-corrected chi connectivity index (χ4v) is 2.74. The van der Waals surface area contributed by atoms with Crippen molar-refractivity contribution in [2.24, 2.45) is 5.73 Å². The Morgan fingerprint density at radius 2 is 1.06 bits per heavy atom. The Balaban J connectivity index is 0. The summed E-state index contributed by atoms with van der Waals surface area (Å²) in [6, 6.07) is 21.7. The van der Waals surface area contributed by atoms with Crippen LogP contribution < -0.4 is 5.73 Å². The summed E-state index contributed by atoms with van der Waals surface area (Å²) in [6.45, 7) is 13.3. The summed E-state index contributed by atoms with van der Waals surface area (Å²) >= 11 is 0. The van der Waals surface area contributed by atoms with Gasteiger partial charge in [-0.3, -0.25) is 4.79 Å². The molecule has 0 aromatic heterocycles. The first-order valence-corrected chi connectivity index (χ1v) is 12.0. The summed E-state index contributed by atoms with van der Waals surface area (Å²) in [5.41, 5.74) is 7.01. The molecule has 0 fully saturated rings. The molecule has 0 bridgehead atoms. The number of amides is 1. The number of hydrogen-bond acceptors (Lipinski definition) is 2. The maximum Gasteiger partial charge on any atom is 0.204 e. The van der Waals surface area contributed by atoms with Gasteiger partial charge in [0.15, 0.2) is 0 Å². The van der Waals surface area contributed by atoms with Gasteiger partial charge >= 0.3 is 0 Å². The van der Waals surface area contributed by atoms with Crippen LogP contribution in [0.1, 0.15) is 90.2 Å². The number of carbonyl (C=O) groups excluding carboxylic acids is 1. The number of nitrogens with zero attached hydrogens (tertiary/aromatic N) is 1. The minimum atomic E-state index is 0.250. The Labute approximate surface area is 193 Å². The van der Waals surface area contributed by atoms with Crippen LogP contribution in [0, 0.1) is 0 Å². The second-order valence-electron chi connectivity index (χ2n) is 7.60. The van der Waals surface area contributed by atoms with E-state index in [4.69, 9.17) is 4.79 Å². The SMILES string of the molecule is CCCC.CCCC.CCCN(C)CCC(c1ccccc1)c1ccccc1.NC=O. The van der Waals surface area contributed by atoms with E-state index in [0.29, 0.717) is 5.92 Å². The van der Waals surface area contributed by atoms with Crippen molar-refractivity contribution >= 4 is 6.41 Å². The van der Waals surface area contributed by atoms with Crippen molar-refractivity contribution in [2.45, 2.75) is 79.1 Å². The lowest BCUT2D eigenvalue weighted by molar-refractivity contribution is -0.106. The lowest BCUT2D eigenvalue weighted by atomic mass is 9.88. The Bertz CT molecular complexity index is 539. The molecule has 176 valence electrons. The number of unbranched alkanes of at least 4 members (excludes halogenated alkanes) is 2. The molecule has 1 amide bonds. The fraction of sp³-hybridized carbons (Fsp3) is 0.536. The van der Waals surface area contributed by atoms with Crippen LogP contribution in [0.4, 0.5) is 0 Å². The molecule has 2 rings (SSSR count). The van der Waals surface area contributed by atoms with Crippen molar-refractivity contribution in [1.82, 2.24) is 4.90 Å². The van der Waals surface area contributed by atoms with Crippen molar-refractivity contribution in [3.8, 4) is 0 Å². The summed E-state index contributed by atoms with van der Waals surface area (Å²) in [5.74, 6) is 0.497. The molecule has 2 aromatic rings. The van der Waals surface area contributed by atoms with E-state index in [2.05, 4.69) is 113 Å². The van der Waals surface area contributed by atoms with Gasteiger partial charge in [0.1, 0.15) is 0 Å². The van der Waals surface area contributed by atoms with E-state index in [1.54, 1.807) is 0 Å². The first kappa shape index (κ1) is 31.1. The average molecular weight is 429 g/mol. The molecule has 0 aliphatic carbocycles. The number of carbonyl (C=O) groups is 1. The van der Waals surface area contributed by atoms with Crippen LogP contribution in [0.15, 0.2) is 60.7 Å². The van der Waals surface area contributed by atoms with E-state index in [1.165, 1.54) is 56.2 Å². The van der Waals surface area contributed by atoms with E-state index in [1.807, 2.05) is 0 Å². The normalized spacial score (nSPS) is 9.55. The summed E-state index contributed by atoms with van der Waals surface area (Å²) < 4.78 is 0. The zero-order chi connectivity index (χ0) is 23.7. The van der Waals surface area contributed by atoms with Gasteiger partial charge in [0.05, 0.1) is 0 Å². The van der Waals surface area contributed by atoms with Crippen molar-refractivity contribution in [2.75, 3.05) is 20.1 Å². The molecule has 0 heterocycles. The molecule has 0 aliphatic rings. The number of primary amides is 1. The lowest BCUT2D eigenvalue weighted by Crippen LogP contribution is -2.22. The molecule has 0 atom stereocenters. The van der Waals surface area contributed by atoms with Gasteiger partial charge in [0.2, 0.25) is 6.41 Å². The predicted molar refractivity (Wildman–Crippen MR) is 139 cm³/mol. The Hall–Kier alpha value is -2.13. The van der Waals surface area contributed by atoms with Gasteiger partial charge in [-0.05, 0) is 44.1 Å². The molecule has 31 heavy (non-hydrogen) atoms. The second-order valence-corrected chi connectivity index (χ2v) is 7.60. The maximum atomic E-state index is 8.58. The van der Waals surface area contributed by atoms with E-state index >= 15 is 0 Å². The molecule has 0 radical (unpaired) electrons. The third-order valence-electron chi connectivity index (χ3n) is 4.81. The van der Waals surface area contributed by atoms with Crippen LogP contribution in [0.2, 0.25) is 0 Å². The van der Waals surface area contributed by atoms with Crippen molar-refractivity contribution in [3.05, 3.63) is 71.8 Å². The number of benzene rings is 2. The largest absolute Gasteiger partial charge is 0.372 e. The maximum absolute atomic E-state index is 8.58. The number of hydrogen-bond donors (Lipinski definition) is 1. The van der Waals surface area contributed by atoms with Crippen LogP contribution in [0.5, 0.6) is 0 Å². The Morgan fingerprint density at radius 3 is 1.35 bits per heavy atom. The first-order valence-electron chi connectivity index (χ1n) is 12.0. The van der Waals surface area contributed by atoms with Gasteiger partial charge in [0.25, 0.3) is 0 Å². The topological polar surface area (TPSA) is 46.3 Å². The highest BCUT2D eigenvalue weighted by Gasteiger charge is 2.14. The van der Waals surface area contributed by atoms with Gasteiger partial charge in [-0.25, -0.2) is 0 Å². The molecule has 0 saturated carbocycles. The predicted octanol–water partition coefficient (Wildman–Crippen LogP) is 7.26. The summed E-state index contributed by atoms with van der Waals surface area (Å²) in [7, 11) is 2.22. The summed E-state index contributed by atoms with van der Waals surface area (Å²) in [5, 5.41) is 0. The molecule has 0 spiro atoms. The zero-order valence-electron chi connectivity index (χ0n) is 21.0. The third-order valence-corrected chi connectivity index (χ3v) is 4.81. The minimum absolute atomic E-state index is 0.250. The average Bonchev–Trinajstić information content (AvgIpc) is 2.81. The van der Waals surface area contributed by atoms with Crippen molar-refractivity contribution < 1.29 is 4.79 Å². The monoisotopic (exact) mass is 428 g/mol. The Morgan fingerprint density at radius 1 is 0.710 bits per heavy atom. The van der Waals surface area contributed by atoms with E-state index in [9.17, 15) is 0 Å². The van der Waals surface area contributed by atoms with Gasteiger partial charge in [-0.1, -0.05) is 121 Å². The summed E-state index contributed by atoms with van der Waals surface area (Å²) in [4.78, 5) is 11.0. The lowest BCUT2D eigenvalue weighted by Gasteiger charge is -2.22. The van der Waals surface area contributed by atoms with Crippen molar-refractivity contribution in [1.29, 1.82) is 0 Å². The van der Waals surface area contributed by atoms with Crippen molar-refractivity contribution in [3.63, 3.8) is 0 Å². The molecule has 3 nitrogen and oxygen atoms in total. The van der Waals surface area contributed by atoms with Crippen LogP contribution in [0.3, 0.4) is 0 Å². The van der Waals surface area contributed by atoms with E-state index < -0.39 is 0 Å². The quantitative estimate of drug-likeness (QED) is 0.427. The number of nitrogens with two attached hydrogens (primary N) is 1. The molecule has 2 N–H and O–H groups in total. The first-order chi connectivity index (χ1) is 15.1. The second kappa shape index (κ2) is 24.1. The minimum Gasteiger partial charge on any atom is -0.372 e. The van der Waals surface area contributed by atoms with Gasteiger partial charge < -0.3 is 10.6 Å². The van der Waals surface area contributed by atoms with Crippen LogP contribution in [0.25, 0.3) is 0 Å². The molecule has 3 heteroatoms. The van der Waals surface area contributed by atoms with Crippen LogP contribution in [-0.2, 0) is 4.79 Å². The zero-order valence-corrected chi connectivity index (χ0v) is 21.0. The highest BCUT2D eigenvalue weighted by atomic mass is 16.1. The van der Waals surface area contributed by atoms with Gasteiger partial charge in [-0.15, -0.1) is 0 Å². The standard InChI is InChI=1S/C19H25N.2C4H10.CH3NO/c1-3-15-20(2)16-14-19(17-10-6-4-7-11-17)18-12-8-5-9-13-18;2*1-3-4-2;2-1-3/h4-13,19H,3,14-16H2,1-2H3;2*3-4H2,1-2H3;1H,(H2,2,3). The molecule has 0 aliphatic heterocycles. The number of rotatable bonds is 9. The third kappa shape index (κ3) is 18.4. The molecular weight excluding hydrogens is 380 g/mol. The van der Waals surface area contributed by atoms with Gasteiger partial charge in [-0.2, -0.15) is 0 Å². The summed E-state index contributed by atoms with van der Waals surface area (Å²) in [6.07, 6.45) is 7.92.